The van der Waals surface area contributed by atoms with Gasteiger partial charge in [0.15, 0.2) is 6.04 Å². The largest absolute Gasteiger partial charge is 1.00 e. The zero-order valence-corrected chi connectivity index (χ0v) is 8.30. The lowest BCUT2D eigenvalue weighted by Crippen LogP contribution is -3.00. The maximum Gasteiger partial charge on any atom is 0.160 e. The fraction of sp³-hybridized carbons (Fsp3) is 1.00. The molecule has 0 amide bonds. The van der Waals surface area contributed by atoms with Crippen molar-refractivity contribution < 1.29 is 46.1 Å². The molecule has 0 radical (unpaired) electrons. The summed E-state index contributed by atoms with van der Waals surface area (Å²) in [5.74, 6) is 0.0243. The number of aliphatic hydroxyl groups excluding tert-OH is 2. The minimum absolute atomic E-state index is 0. The first-order chi connectivity index (χ1) is 4.75. The molecule has 1 rings (SSSR count). The van der Waals surface area contributed by atoms with Crippen LogP contribution >= 0.6 is 0 Å². The number of hydrogen-bond acceptors (Lipinski definition) is 2. The zero-order chi connectivity index (χ0) is 7.56. The molecule has 1 fully saturated rings. The number of quaternary nitrogens is 2. The Bertz CT molecular complexity index is 118. The summed E-state index contributed by atoms with van der Waals surface area (Å²) in [4.78, 5) is 0. The van der Waals surface area contributed by atoms with Crippen molar-refractivity contribution >= 4 is 0 Å². The van der Waals surface area contributed by atoms with Crippen LogP contribution < -0.4 is 35.9 Å². The van der Waals surface area contributed by atoms with Gasteiger partial charge >= 0.3 is 0 Å². The van der Waals surface area contributed by atoms with E-state index >= 15 is 0 Å². The Labute approximate surface area is 84.3 Å². The van der Waals surface area contributed by atoms with Crippen molar-refractivity contribution in [1.29, 1.82) is 0 Å². The molecule has 3 atom stereocenters. The highest BCUT2D eigenvalue weighted by Crippen LogP contribution is 2.04. The van der Waals surface area contributed by atoms with Crippen molar-refractivity contribution in [3.05, 3.63) is 0 Å². The molecule has 12 heavy (non-hydrogen) atoms. The summed E-state index contributed by atoms with van der Waals surface area (Å²) in [6, 6.07) is 0.0749. The van der Waals surface area contributed by atoms with Gasteiger partial charge in [-0.05, 0) is 0 Å². The van der Waals surface area contributed by atoms with Gasteiger partial charge in [-0.15, -0.1) is 0 Å². The summed E-state index contributed by atoms with van der Waals surface area (Å²) in [5, 5.41) is 20.3. The van der Waals surface area contributed by atoms with Crippen LogP contribution in [-0.2, 0) is 0 Å². The minimum atomic E-state index is -0.407. The first-order valence-corrected chi connectivity index (χ1v) is 3.69. The number of rotatable bonds is 1. The highest BCUT2D eigenvalue weighted by atomic mass is 35.5. The van der Waals surface area contributed by atoms with E-state index in [-0.39, 0.29) is 43.4 Å². The number of aliphatic hydroxyl groups is 2. The van der Waals surface area contributed by atoms with Crippen LogP contribution in [0.3, 0.4) is 0 Å². The lowest BCUT2D eigenvalue weighted by Gasteiger charge is -2.26. The second kappa shape index (κ2) is 6.88. The van der Waals surface area contributed by atoms with E-state index < -0.39 is 6.10 Å². The van der Waals surface area contributed by atoms with E-state index in [0.29, 0.717) is 0 Å². The van der Waals surface area contributed by atoms with Gasteiger partial charge in [-0.25, -0.2) is 0 Å². The van der Waals surface area contributed by atoms with Crippen LogP contribution in [0.2, 0.25) is 0 Å². The van der Waals surface area contributed by atoms with E-state index in [2.05, 4.69) is 11.1 Å². The lowest BCUT2D eigenvalue weighted by molar-refractivity contribution is -0.704. The number of hydrogen-bond donors (Lipinski definition) is 4. The number of nitrogens with two attached hydrogens (primary N) is 1. The van der Waals surface area contributed by atoms with Crippen LogP contribution in [0.25, 0.3) is 0 Å². The maximum atomic E-state index is 9.39. The maximum absolute atomic E-state index is 9.39. The minimum Gasteiger partial charge on any atom is -1.00 e. The lowest BCUT2D eigenvalue weighted by atomic mass is 9.94. The van der Waals surface area contributed by atoms with Gasteiger partial charge in [0.2, 0.25) is 0 Å². The third kappa shape index (κ3) is 3.43. The highest BCUT2D eigenvalue weighted by molar-refractivity contribution is 4.75. The highest BCUT2D eigenvalue weighted by Gasteiger charge is 2.33. The molecular formula is C6H16Cl2N2O2. The Balaban J connectivity index is 0. The molecule has 0 bridgehead atoms. The molecule has 1 aliphatic heterocycles. The summed E-state index contributed by atoms with van der Waals surface area (Å²) in [7, 11) is 0. The normalized spacial score (nSPS) is 34.8. The molecule has 0 spiro atoms. The van der Waals surface area contributed by atoms with Crippen molar-refractivity contribution in [3.63, 3.8) is 0 Å². The second-order valence-electron chi connectivity index (χ2n) is 2.95. The molecule has 0 aromatic heterocycles. The van der Waals surface area contributed by atoms with Crippen molar-refractivity contribution in [2.24, 2.45) is 5.92 Å². The SMILES string of the molecule is [Cl-].[Cl-].[NH3+][C@@H]1C[NH2+]C[C@H](CO)[C@H]1O. The van der Waals surface area contributed by atoms with Crippen molar-refractivity contribution in [1.82, 2.24) is 0 Å². The quantitative estimate of drug-likeness (QED) is 0.353. The fourth-order valence-electron chi connectivity index (χ4n) is 1.37. The van der Waals surface area contributed by atoms with E-state index in [1.54, 1.807) is 0 Å². The number of halogens is 2. The van der Waals surface area contributed by atoms with Crippen molar-refractivity contribution in [2.45, 2.75) is 12.1 Å². The predicted octanol–water partition coefficient (Wildman–Crippen LogP) is -9.85. The van der Waals surface area contributed by atoms with Gasteiger partial charge in [-0.3, -0.25) is 0 Å². The van der Waals surface area contributed by atoms with Crippen LogP contribution in [0.15, 0.2) is 0 Å². The van der Waals surface area contributed by atoms with Gasteiger partial charge < -0.3 is 46.1 Å². The zero-order valence-electron chi connectivity index (χ0n) is 6.79. The Morgan fingerprint density at radius 1 is 1.33 bits per heavy atom. The Hall–Kier alpha value is 0.420. The Morgan fingerprint density at radius 3 is 2.33 bits per heavy atom. The van der Waals surface area contributed by atoms with Crippen LogP contribution in [0.4, 0.5) is 0 Å². The van der Waals surface area contributed by atoms with E-state index in [4.69, 9.17) is 5.11 Å². The molecule has 0 saturated carbocycles. The van der Waals surface area contributed by atoms with Crippen LogP contribution in [0.1, 0.15) is 0 Å². The van der Waals surface area contributed by atoms with Crippen LogP contribution in [0, 0.1) is 5.92 Å². The molecule has 0 unspecified atom stereocenters. The van der Waals surface area contributed by atoms with Crippen molar-refractivity contribution in [2.75, 3.05) is 19.7 Å². The van der Waals surface area contributed by atoms with Gasteiger partial charge in [0, 0.05) is 0 Å². The molecule has 1 saturated heterocycles. The van der Waals surface area contributed by atoms with Gasteiger partial charge in [0.25, 0.3) is 0 Å². The third-order valence-corrected chi connectivity index (χ3v) is 2.14. The molecule has 0 aromatic rings. The molecular weight excluding hydrogens is 203 g/mol. The summed E-state index contributed by atoms with van der Waals surface area (Å²) in [6.07, 6.45) is -0.407. The van der Waals surface area contributed by atoms with Crippen molar-refractivity contribution in [3.8, 4) is 0 Å². The second-order valence-corrected chi connectivity index (χ2v) is 2.95. The monoisotopic (exact) mass is 218 g/mol. The molecule has 1 heterocycles. The van der Waals surface area contributed by atoms with Gasteiger partial charge in [0.05, 0.1) is 19.1 Å². The molecule has 7 N–H and O–H groups in total. The average Bonchev–Trinajstić information content (AvgIpc) is 1.95. The van der Waals surface area contributed by atoms with E-state index in [1.165, 1.54) is 0 Å². The van der Waals surface area contributed by atoms with Crippen LogP contribution in [-0.4, -0.2) is 42.1 Å². The molecule has 0 aromatic carbocycles. The molecule has 6 heteroatoms. The van der Waals surface area contributed by atoms with Crippen LogP contribution in [0.5, 0.6) is 0 Å². The number of piperidine rings is 1. The molecule has 1 aliphatic rings. The Morgan fingerprint density at radius 2 is 1.92 bits per heavy atom. The fourth-order valence-corrected chi connectivity index (χ4v) is 1.37. The van der Waals surface area contributed by atoms with Gasteiger partial charge in [0.1, 0.15) is 12.6 Å². The van der Waals surface area contributed by atoms with E-state index in [1.807, 2.05) is 0 Å². The molecule has 0 aliphatic carbocycles. The first kappa shape index (κ1) is 14.9. The standard InChI is InChI=1S/C6H14N2O2.2ClH/c7-5-2-8-1-4(3-9)6(5)10;;/h4-6,8-10H,1-3,7H2;2*1H/t4-,5-,6-;;/m1../s1. The Kier molecular flexibility index (Phi) is 8.56. The summed E-state index contributed by atoms with van der Waals surface area (Å²) >= 11 is 0. The van der Waals surface area contributed by atoms with E-state index in [9.17, 15) is 5.11 Å². The summed E-state index contributed by atoms with van der Waals surface area (Å²) in [6.45, 7) is 1.77. The smallest absolute Gasteiger partial charge is 0.160 e. The summed E-state index contributed by atoms with van der Waals surface area (Å²) < 4.78 is 0. The average molecular weight is 219 g/mol. The first-order valence-electron chi connectivity index (χ1n) is 3.69. The molecule has 4 nitrogen and oxygen atoms in total. The predicted molar refractivity (Wildman–Crippen MR) is 34.9 cm³/mol. The van der Waals surface area contributed by atoms with E-state index in [0.717, 1.165) is 13.1 Å². The van der Waals surface area contributed by atoms with Gasteiger partial charge in [-0.1, -0.05) is 0 Å². The molecule has 76 valence electrons. The summed E-state index contributed by atoms with van der Waals surface area (Å²) in [5.41, 5.74) is 3.78. The topological polar surface area (TPSA) is 84.7 Å². The van der Waals surface area contributed by atoms with Gasteiger partial charge in [-0.2, -0.15) is 0 Å². The third-order valence-electron chi connectivity index (χ3n) is 2.14.